The van der Waals surface area contributed by atoms with Crippen LogP contribution in [0.1, 0.15) is 34.0 Å². The van der Waals surface area contributed by atoms with Gasteiger partial charge in [0.15, 0.2) is 0 Å². The van der Waals surface area contributed by atoms with Crippen molar-refractivity contribution in [3.63, 3.8) is 0 Å². The number of rotatable bonds is 5. The van der Waals surface area contributed by atoms with Gasteiger partial charge in [0.2, 0.25) is 0 Å². The summed E-state index contributed by atoms with van der Waals surface area (Å²) in [6, 6.07) is 13.0. The number of benzene rings is 2. The largest absolute Gasteiger partial charge is 0.462 e. The summed E-state index contributed by atoms with van der Waals surface area (Å²) in [5, 5.41) is 2.64. The number of ether oxygens (including phenoxy) is 2. The third kappa shape index (κ3) is 4.59. The summed E-state index contributed by atoms with van der Waals surface area (Å²) >= 11 is 0. The zero-order chi connectivity index (χ0) is 17.5. The average molecular weight is 327 g/mol. The zero-order valence-corrected chi connectivity index (χ0v) is 14.1. The summed E-state index contributed by atoms with van der Waals surface area (Å²) in [7, 11) is 0. The third-order valence-corrected chi connectivity index (χ3v) is 3.41. The summed E-state index contributed by atoms with van der Waals surface area (Å²) in [4.78, 5) is 24.2. The van der Waals surface area contributed by atoms with Crippen LogP contribution in [0.3, 0.4) is 0 Å². The maximum Gasteiger partial charge on any atom is 0.411 e. The first-order valence-electron chi connectivity index (χ1n) is 7.77. The molecule has 0 unspecified atom stereocenters. The number of aryl methyl sites for hydroxylation is 2. The Morgan fingerprint density at radius 2 is 1.75 bits per heavy atom. The van der Waals surface area contributed by atoms with Gasteiger partial charge in [0.05, 0.1) is 17.9 Å². The lowest BCUT2D eigenvalue weighted by molar-refractivity contribution is 0.0527. The van der Waals surface area contributed by atoms with Gasteiger partial charge in [-0.05, 0) is 43.5 Å². The lowest BCUT2D eigenvalue weighted by atomic mass is 10.0. The van der Waals surface area contributed by atoms with Gasteiger partial charge in [-0.1, -0.05) is 36.4 Å². The zero-order valence-electron chi connectivity index (χ0n) is 14.1. The first-order valence-corrected chi connectivity index (χ1v) is 7.77. The Balaban J connectivity index is 2.13. The Hall–Kier alpha value is -2.82. The van der Waals surface area contributed by atoms with E-state index in [0.717, 1.165) is 16.7 Å². The molecular formula is C19H21NO4. The Kier molecular flexibility index (Phi) is 5.95. The molecule has 0 bridgehead atoms. The number of hydrogen-bond acceptors (Lipinski definition) is 4. The summed E-state index contributed by atoms with van der Waals surface area (Å²) in [6.07, 6.45) is -0.616. The maximum atomic E-state index is 12.1. The molecule has 0 aliphatic heterocycles. The molecule has 0 heterocycles. The minimum absolute atomic E-state index is 0.159. The van der Waals surface area contributed by atoms with Gasteiger partial charge in [-0.3, -0.25) is 5.32 Å². The molecule has 5 heteroatoms. The fraction of sp³-hybridized carbons (Fsp3) is 0.263. The molecule has 0 radical (unpaired) electrons. The average Bonchev–Trinajstić information content (AvgIpc) is 2.53. The number of carbonyl (C=O) groups is 2. The molecule has 2 aromatic rings. The van der Waals surface area contributed by atoms with Crippen molar-refractivity contribution in [2.24, 2.45) is 0 Å². The van der Waals surface area contributed by atoms with Gasteiger partial charge in [0.1, 0.15) is 6.61 Å². The van der Waals surface area contributed by atoms with Gasteiger partial charge in [-0.2, -0.15) is 0 Å². The minimum atomic E-state index is -0.616. The molecule has 0 fully saturated rings. The molecule has 0 atom stereocenters. The van der Waals surface area contributed by atoms with Crippen LogP contribution in [0, 0.1) is 13.8 Å². The van der Waals surface area contributed by atoms with Crippen molar-refractivity contribution in [1.29, 1.82) is 0 Å². The smallest absolute Gasteiger partial charge is 0.411 e. The van der Waals surface area contributed by atoms with Crippen LogP contribution in [0.15, 0.2) is 42.5 Å². The molecule has 0 saturated heterocycles. The molecule has 0 aliphatic rings. The van der Waals surface area contributed by atoms with E-state index in [9.17, 15) is 9.59 Å². The Labute approximate surface area is 141 Å². The lowest BCUT2D eigenvalue weighted by Crippen LogP contribution is -2.18. The Bertz CT molecular complexity index is 726. The number of esters is 1. The van der Waals surface area contributed by atoms with Crippen LogP contribution in [0.25, 0.3) is 0 Å². The molecule has 0 saturated carbocycles. The van der Waals surface area contributed by atoms with Crippen molar-refractivity contribution in [2.45, 2.75) is 27.4 Å². The van der Waals surface area contributed by atoms with Crippen molar-refractivity contribution in [1.82, 2.24) is 0 Å². The van der Waals surface area contributed by atoms with Crippen LogP contribution in [0.2, 0.25) is 0 Å². The van der Waals surface area contributed by atoms with E-state index in [1.165, 1.54) is 0 Å². The fourth-order valence-corrected chi connectivity index (χ4v) is 2.41. The number of hydrogen-bond donors (Lipinski definition) is 1. The second kappa shape index (κ2) is 8.15. The Morgan fingerprint density at radius 1 is 1.04 bits per heavy atom. The SMILES string of the molecule is CCOC(=O)c1c(C)cc(C)cc1NC(=O)OCc1ccccc1. The summed E-state index contributed by atoms with van der Waals surface area (Å²) < 4.78 is 10.3. The summed E-state index contributed by atoms with van der Waals surface area (Å²) in [6.45, 7) is 5.86. The maximum absolute atomic E-state index is 12.1. The van der Waals surface area contributed by atoms with Crippen LogP contribution in [0.4, 0.5) is 10.5 Å². The van der Waals surface area contributed by atoms with E-state index >= 15 is 0 Å². The van der Waals surface area contributed by atoms with Crippen LogP contribution in [-0.2, 0) is 16.1 Å². The molecule has 1 amide bonds. The molecule has 0 spiro atoms. The van der Waals surface area contributed by atoms with Crippen LogP contribution in [0.5, 0.6) is 0 Å². The van der Waals surface area contributed by atoms with E-state index in [0.29, 0.717) is 11.3 Å². The fourth-order valence-electron chi connectivity index (χ4n) is 2.41. The molecule has 24 heavy (non-hydrogen) atoms. The van der Waals surface area contributed by atoms with Crippen molar-refractivity contribution in [2.75, 3.05) is 11.9 Å². The normalized spacial score (nSPS) is 10.1. The molecule has 126 valence electrons. The molecule has 2 rings (SSSR count). The number of carbonyl (C=O) groups excluding carboxylic acids is 2. The van der Waals surface area contributed by atoms with E-state index < -0.39 is 12.1 Å². The minimum Gasteiger partial charge on any atom is -0.462 e. The summed E-state index contributed by atoms with van der Waals surface area (Å²) in [5.41, 5.74) is 3.30. The highest BCUT2D eigenvalue weighted by atomic mass is 16.5. The highest BCUT2D eigenvalue weighted by Crippen LogP contribution is 2.23. The highest BCUT2D eigenvalue weighted by molar-refractivity contribution is 6.01. The molecule has 5 nitrogen and oxygen atoms in total. The van der Waals surface area contributed by atoms with E-state index in [1.54, 1.807) is 19.9 Å². The Morgan fingerprint density at radius 3 is 2.42 bits per heavy atom. The van der Waals surface area contributed by atoms with Gasteiger partial charge in [-0.25, -0.2) is 9.59 Å². The van der Waals surface area contributed by atoms with Crippen LogP contribution in [-0.4, -0.2) is 18.7 Å². The molecule has 0 aromatic heterocycles. The monoisotopic (exact) mass is 327 g/mol. The first kappa shape index (κ1) is 17.5. The van der Waals surface area contributed by atoms with Gasteiger partial charge < -0.3 is 9.47 Å². The van der Waals surface area contributed by atoms with Gasteiger partial charge in [-0.15, -0.1) is 0 Å². The van der Waals surface area contributed by atoms with Crippen molar-refractivity contribution < 1.29 is 19.1 Å². The second-order valence-corrected chi connectivity index (χ2v) is 5.41. The molecular weight excluding hydrogens is 306 g/mol. The van der Waals surface area contributed by atoms with Gasteiger partial charge in [0.25, 0.3) is 0 Å². The van der Waals surface area contributed by atoms with Crippen molar-refractivity contribution in [3.05, 3.63) is 64.7 Å². The molecule has 2 aromatic carbocycles. The third-order valence-electron chi connectivity index (χ3n) is 3.41. The topological polar surface area (TPSA) is 64.6 Å². The van der Waals surface area contributed by atoms with Gasteiger partial charge in [0, 0.05) is 0 Å². The van der Waals surface area contributed by atoms with E-state index in [-0.39, 0.29) is 13.2 Å². The van der Waals surface area contributed by atoms with Crippen molar-refractivity contribution >= 4 is 17.7 Å². The predicted octanol–water partition coefficient (Wildman–Crippen LogP) is 4.23. The molecule has 0 aliphatic carbocycles. The quantitative estimate of drug-likeness (QED) is 0.835. The van der Waals surface area contributed by atoms with Crippen molar-refractivity contribution in [3.8, 4) is 0 Å². The van der Waals surface area contributed by atoms with Crippen LogP contribution >= 0.6 is 0 Å². The van der Waals surface area contributed by atoms with Gasteiger partial charge >= 0.3 is 12.1 Å². The lowest BCUT2D eigenvalue weighted by Gasteiger charge is -2.14. The number of nitrogens with one attached hydrogen (secondary N) is 1. The van der Waals surface area contributed by atoms with E-state index in [1.807, 2.05) is 43.3 Å². The van der Waals surface area contributed by atoms with Crippen LogP contribution < -0.4 is 5.32 Å². The second-order valence-electron chi connectivity index (χ2n) is 5.41. The highest BCUT2D eigenvalue weighted by Gasteiger charge is 2.18. The van der Waals surface area contributed by atoms with E-state index in [4.69, 9.17) is 9.47 Å². The molecule has 1 N–H and O–H groups in total. The number of anilines is 1. The number of amides is 1. The summed E-state index contributed by atoms with van der Waals surface area (Å²) in [5.74, 6) is -0.464. The van der Waals surface area contributed by atoms with E-state index in [2.05, 4.69) is 5.32 Å². The first-order chi connectivity index (χ1) is 11.5. The standard InChI is InChI=1S/C19H21NO4/c1-4-23-18(21)17-14(3)10-13(2)11-16(17)20-19(22)24-12-15-8-6-5-7-9-15/h5-11H,4,12H2,1-3H3,(H,20,22). The predicted molar refractivity (Wildman–Crippen MR) is 92.1 cm³/mol.